The van der Waals surface area contributed by atoms with Crippen LogP contribution >= 0.6 is 69.6 Å². The van der Waals surface area contributed by atoms with Crippen molar-refractivity contribution in [3.8, 4) is 11.5 Å². The van der Waals surface area contributed by atoms with E-state index in [0.29, 0.717) is 52.4 Å². The molecule has 0 aliphatic heterocycles. The minimum absolute atomic E-state index is 0.120. The van der Waals surface area contributed by atoms with Gasteiger partial charge in [0.15, 0.2) is 0 Å². The predicted molar refractivity (Wildman–Crippen MR) is 153 cm³/mol. The van der Waals surface area contributed by atoms with Crippen LogP contribution < -0.4 is 0 Å². The molecule has 0 aliphatic carbocycles. The molecular formula is C28H20Cl6O3. The lowest BCUT2D eigenvalue weighted by Crippen LogP contribution is -2.40. The standard InChI is InChI=1S/C28H20Cl6O3/c1-27(19-7-3-15(29)11-23(19)33,21-9-5-17(31)13-25(21)35)37-28(2,20-8-4-16(30)12-24(20)34)22-10-6-18(32)14-26(22)36/h3-14,35-36H,1-2H3. The monoisotopic (exact) mass is 614 g/mol. The summed E-state index contributed by atoms with van der Waals surface area (Å²) in [5, 5.41) is 24.1. The maximum atomic E-state index is 11.0. The number of hydrogen-bond acceptors (Lipinski definition) is 3. The van der Waals surface area contributed by atoms with E-state index in [4.69, 9.17) is 74.3 Å². The molecule has 0 fully saturated rings. The highest BCUT2D eigenvalue weighted by molar-refractivity contribution is 6.36. The Labute approximate surface area is 245 Å². The maximum Gasteiger partial charge on any atom is 0.123 e. The topological polar surface area (TPSA) is 49.7 Å². The van der Waals surface area contributed by atoms with E-state index in [-0.39, 0.29) is 11.5 Å². The molecule has 0 amide bonds. The summed E-state index contributed by atoms with van der Waals surface area (Å²) in [5.41, 5.74) is -1.10. The van der Waals surface area contributed by atoms with Gasteiger partial charge in [0.25, 0.3) is 0 Å². The van der Waals surface area contributed by atoms with E-state index in [1.54, 1.807) is 74.5 Å². The molecule has 0 aliphatic rings. The number of phenols is 2. The molecule has 0 spiro atoms. The van der Waals surface area contributed by atoms with Crippen LogP contribution in [0.2, 0.25) is 30.1 Å². The Morgan fingerprint density at radius 3 is 1.08 bits per heavy atom. The minimum Gasteiger partial charge on any atom is -0.507 e. The molecule has 4 aromatic carbocycles. The first-order valence-electron chi connectivity index (χ1n) is 10.9. The van der Waals surface area contributed by atoms with Crippen molar-refractivity contribution in [2.75, 3.05) is 0 Å². The maximum absolute atomic E-state index is 11.0. The number of benzene rings is 4. The molecule has 0 heterocycles. The zero-order valence-electron chi connectivity index (χ0n) is 19.5. The average molecular weight is 617 g/mol. The van der Waals surface area contributed by atoms with Crippen LogP contribution in [0.4, 0.5) is 0 Å². The van der Waals surface area contributed by atoms with Crippen molar-refractivity contribution in [2.24, 2.45) is 0 Å². The molecule has 9 heteroatoms. The van der Waals surface area contributed by atoms with Gasteiger partial charge < -0.3 is 14.9 Å². The van der Waals surface area contributed by atoms with E-state index in [9.17, 15) is 10.2 Å². The lowest BCUT2D eigenvalue weighted by Gasteiger charge is -2.43. The van der Waals surface area contributed by atoms with Gasteiger partial charge >= 0.3 is 0 Å². The molecule has 0 bridgehead atoms. The Bertz CT molecular complexity index is 1270. The summed E-state index contributed by atoms with van der Waals surface area (Å²) in [6.07, 6.45) is 0. The van der Waals surface area contributed by atoms with Gasteiger partial charge in [-0.2, -0.15) is 0 Å². The van der Waals surface area contributed by atoms with Crippen LogP contribution in [0.5, 0.6) is 11.5 Å². The fourth-order valence-corrected chi connectivity index (χ4v) is 6.00. The first-order chi connectivity index (χ1) is 17.3. The van der Waals surface area contributed by atoms with Crippen LogP contribution in [0, 0.1) is 0 Å². The molecule has 2 unspecified atom stereocenters. The fourth-order valence-electron chi connectivity index (χ4n) is 4.49. The number of hydrogen-bond donors (Lipinski definition) is 2. The molecule has 37 heavy (non-hydrogen) atoms. The van der Waals surface area contributed by atoms with Crippen LogP contribution in [0.15, 0.2) is 72.8 Å². The fraction of sp³-hybridized carbons (Fsp3) is 0.143. The Kier molecular flexibility index (Phi) is 8.19. The lowest BCUT2D eigenvalue weighted by molar-refractivity contribution is -0.108. The number of ether oxygens (including phenoxy) is 1. The van der Waals surface area contributed by atoms with Gasteiger partial charge in [0.05, 0.1) is 0 Å². The molecule has 0 radical (unpaired) electrons. The molecule has 0 aromatic heterocycles. The largest absolute Gasteiger partial charge is 0.507 e. The Hall–Kier alpha value is -1.82. The number of phenolic OH excluding ortho intramolecular Hbond substituents is 2. The summed E-state index contributed by atoms with van der Waals surface area (Å²) >= 11 is 38.0. The van der Waals surface area contributed by atoms with E-state index in [1.165, 1.54) is 12.1 Å². The van der Waals surface area contributed by atoms with Gasteiger partial charge in [-0.25, -0.2) is 0 Å². The van der Waals surface area contributed by atoms with Crippen molar-refractivity contribution in [2.45, 2.75) is 25.0 Å². The average Bonchev–Trinajstić information content (AvgIpc) is 2.78. The summed E-state index contributed by atoms with van der Waals surface area (Å²) in [4.78, 5) is 0. The van der Waals surface area contributed by atoms with Crippen LogP contribution in [0.1, 0.15) is 36.1 Å². The summed E-state index contributed by atoms with van der Waals surface area (Å²) in [6, 6.07) is 19.3. The van der Waals surface area contributed by atoms with E-state index in [1.807, 2.05) is 0 Å². The van der Waals surface area contributed by atoms with E-state index >= 15 is 0 Å². The van der Waals surface area contributed by atoms with Crippen LogP contribution in [0.3, 0.4) is 0 Å². The molecule has 0 saturated carbocycles. The summed E-state index contributed by atoms with van der Waals surface area (Å²) in [6.45, 7) is 3.50. The van der Waals surface area contributed by atoms with Crippen molar-refractivity contribution in [3.63, 3.8) is 0 Å². The van der Waals surface area contributed by atoms with Crippen molar-refractivity contribution >= 4 is 69.6 Å². The second kappa shape index (κ2) is 10.7. The van der Waals surface area contributed by atoms with Crippen molar-refractivity contribution < 1.29 is 14.9 Å². The van der Waals surface area contributed by atoms with E-state index in [0.717, 1.165) is 0 Å². The molecule has 4 rings (SSSR count). The van der Waals surface area contributed by atoms with Crippen LogP contribution in [-0.2, 0) is 15.9 Å². The summed E-state index contributed by atoms with van der Waals surface area (Å²) in [7, 11) is 0. The van der Waals surface area contributed by atoms with Gasteiger partial charge in [-0.1, -0.05) is 93.9 Å². The molecule has 2 N–H and O–H groups in total. The Morgan fingerprint density at radius 2 is 0.784 bits per heavy atom. The van der Waals surface area contributed by atoms with Crippen molar-refractivity contribution in [1.82, 2.24) is 0 Å². The molecule has 192 valence electrons. The quantitative estimate of drug-likeness (QED) is 0.227. The number of aromatic hydroxyl groups is 2. The van der Waals surface area contributed by atoms with E-state index in [2.05, 4.69) is 0 Å². The number of halogens is 6. The van der Waals surface area contributed by atoms with Crippen molar-refractivity contribution in [3.05, 3.63) is 125 Å². The van der Waals surface area contributed by atoms with Gasteiger partial charge in [-0.15, -0.1) is 0 Å². The Morgan fingerprint density at radius 1 is 0.486 bits per heavy atom. The summed E-state index contributed by atoms with van der Waals surface area (Å²) < 4.78 is 6.99. The second-order valence-corrected chi connectivity index (χ2v) is 11.3. The third-order valence-corrected chi connectivity index (χ3v) is 7.81. The molecule has 4 aromatic rings. The first-order valence-corrected chi connectivity index (χ1v) is 13.2. The highest BCUT2D eigenvalue weighted by Gasteiger charge is 2.45. The third kappa shape index (κ3) is 5.51. The van der Waals surface area contributed by atoms with Gasteiger partial charge in [-0.05, 0) is 62.4 Å². The third-order valence-electron chi connectivity index (χ3n) is 6.25. The smallest absolute Gasteiger partial charge is 0.123 e. The molecule has 2 atom stereocenters. The normalized spacial score (nSPS) is 14.7. The van der Waals surface area contributed by atoms with Crippen LogP contribution in [-0.4, -0.2) is 10.2 Å². The second-order valence-electron chi connectivity index (χ2n) is 8.74. The number of rotatable bonds is 6. The highest BCUT2D eigenvalue weighted by Crippen LogP contribution is 2.51. The lowest BCUT2D eigenvalue weighted by atomic mass is 9.82. The van der Waals surface area contributed by atoms with Gasteiger partial charge in [0.2, 0.25) is 0 Å². The van der Waals surface area contributed by atoms with Gasteiger partial charge in [-0.3, -0.25) is 0 Å². The molecule has 3 nitrogen and oxygen atoms in total. The van der Waals surface area contributed by atoms with Crippen LogP contribution in [0.25, 0.3) is 0 Å². The van der Waals surface area contributed by atoms with Gasteiger partial charge in [0.1, 0.15) is 22.7 Å². The predicted octanol–water partition coefficient (Wildman–Crippen LogP) is 10.3. The first kappa shape index (κ1) is 28.2. The Balaban J connectivity index is 2.06. The molecule has 0 saturated heterocycles. The minimum atomic E-state index is -1.42. The zero-order valence-corrected chi connectivity index (χ0v) is 24.0. The van der Waals surface area contributed by atoms with Crippen molar-refractivity contribution in [1.29, 1.82) is 0 Å². The highest BCUT2D eigenvalue weighted by atomic mass is 35.5. The molecular weight excluding hydrogens is 597 g/mol. The zero-order chi connectivity index (χ0) is 27.1. The summed E-state index contributed by atoms with van der Waals surface area (Å²) in [5.74, 6) is -0.239. The van der Waals surface area contributed by atoms with Gasteiger partial charge in [0, 0.05) is 52.4 Å². The SMILES string of the molecule is CC(OC(C)(c1ccc(Cl)cc1O)c1ccc(Cl)cc1Cl)(c1ccc(Cl)cc1O)c1ccc(Cl)cc1Cl. The van der Waals surface area contributed by atoms with E-state index < -0.39 is 11.2 Å².